The molecule has 1 N–H and O–H groups in total. The Morgan fingerprint density at radius 3 is 2.90 bits per heavy atom. The van der Waals surface area contributed by atoms with E-state index < -0.39 is 11.9 Å². The summed E-state index contributed by atoms with van der Waals surface area (Å²) in [6, 6.07) is 7.23. The molecule has 0 saturated heterocycles. The second-order valence-electron chi connectivity index (χ2n) is 4.24. The van der Waals surface area contributed by atoms with E-state index in [-0.39, 0.29) is 0 Å². The van der Waals surface area contributed by atoms with Crippen molar-refractivity contribution in [3.8, 4) is 11.5 Å². The monoisotopic (exact) mass is 312 g/mol. The molecular formula is C13H13ClN2O3S. The number of carboxylic acids is 1. The number of hydrogen-bond acceptors (Lipinski definition) is 5. The summed E-state index contributed by atoms with van der Waals surface area (Å²) in [4.78, 5) is 10.7. The third kappa shape index (κ3) is 3.74. The maximum Gasteiger partial charge on any atom is 0.307 e. The van der Waals surface area contributed by atoms with Gasteiger partial charge in [0.15, 0.2) is 0 Å². The van der Waals surface area contributed by atoms with Crippen LogP contribution >= 0.6 is 23.4 Å². The Kier molecular flexibility index (Phi) is 5.03. The van der Waals surface area contributed by atoms with E-state index in [1.807, 2.05) is 12.1 Å². The van der Waals surface area contributed by atoms with Crippen molar-refractivity contribution in [3.05, 3.63) is 35.2 Å². The number of benzene rings is 1. The average Bonchev–Trinajstić information content (AvgIpc) is 2.87. The van der Waals surface area contributed by atoms with Gasteiger partial charge in [-0.15, -0.1) is 10.2 Å². The van der Waals surface area contributed by atoms with Gasteiger partial charge >= 0.3 is 5.97 Å². The highest BCUT2D eigenvalue weighted by Gasteiger charge is 2.14. The minimum atomic E-state index is -0.806. The molecule has 1 aromatic carbocycles. The van der Waals surface area contributed by atoms with Crippen molar-refractivity contribution >= 4 is 29.3 Å². The first kappa shape index (κ1) is 14.9. The summed E-state index contributed by atoms with van der Waals surface area (Å²) in [6.07, 6.45) is 0. The Balaban J connectivity index is 1.96. The van der Waals surface area contributed by atoms with Crippen molar-refractivity contribution in [2.24, 2.45) is 5.92 Å². The van der Waals surface area contributed by atoms with E-state index in [2.05, 4.69) is 10.2 Å². The minimum Gasteiger partial charge on any atom is -0.481 e. The first-order valence-corrected chi connectivity index (χ1v) is 7.49. The van der Waals surface area contributed by atoms with Crippen LogP contribution in [0.3, 0.4) is 0 Å². The molecule has 0 bridgehead atoms. The van der Waals surface area contributed by atoms with Gasteiger partial charge in [0.05, 0.1) is 22.3 Å². The standard InChI is InChI=1S/C13H13ClN2O3S/c1-8(13(17)18)6-20-7-11-15-16-12(19-11)9-4-2-3-5-10(9)14/h2-5,8H,6-7H2,1H3,(H,17,18). The molecule has 0 fully saturated rings. The number of halogens is 1. The zero-order valence-electron chi connectivity index (χ0n) is 10.7. The Bertz CT molecular complexity index is 603. The lowest BCUT2D eigenvalue weighted by atomic mass is 10.2. The van der Waals surface area contributed by atoms with Gasteiger partial charge in [0, 0.05) is 5.75 Å². The molecule has 1 unspecified atom stereocenters. The van der Waals surface area contributed by atoms with E-state index >= 15 is 0 Å². The Morgan fingerprint density at radius 1 is 1.45 bits per heavy atom. The summed E-state index contributed by atoms with van der Waals surface area (Å²) in [6.45, 7) is 1.66. The number of rotatable bonds is 6. The van der Waals surface area contributed by atoms with E-state index in [9.17, 15) is 4.79 Å². The highest BCUT2D eigenvalue weighted by molar-refractivity contribution is 7.98. The first-order chi connectivity index (χ1) is 9.58. The lowest BCUT2D eigenvalue weighted by Gasteiger charge is -2.03. The molecule has 5 nitrogen and oxygen atoms in total. The molecule has 106 valence electrons. The predicted octanol–water partition coefficient (Wildman–Crippen LogP) is 3.34. The Labute approximate surface area is 125 Å². The molecule has 0 amide bonds. The SMILES string of the molecule is CC(CSCc1nnc(-c2ccccc2Cl)o1)C(=O)O. The molecule has 2 aromatic rings. The van der Waals surface area contributed by atoms with Crippen molar-refractivity contribution in [1.82, 2.24) is 10.2 Å². The van der Waals surface area contributed by atoms with Gasteiger partial charge in [0.2, 0.25) is 11.8 Å². The van der Waals surface area contributed by atoms with Crippen molar-refractivity contribution in [2.45, 2.75) is 12.7 Å². The van der Waals surface area contributed by atoms with Crippen LogP contribution in [-0.2, 0) is 10.5 Å². The fourth-order valence-corrected chi connectivity index (χ4v) is 2.57. The third-order valence-electron chi connectivity index (χ3n) is 2.59. The average molecular weight is 313 g/mol. The van der Waals surface area contributed by atoms with Gasteiger partial charge in [-0.25, -0.2) is 0 Å². The molecule has 7 heteroatoms. The number of nitrogens with zero attached hydrogens (tertiary/aromatic N) is 2. The van der Waals surface area contributed by atoms with Crippen molar-refractivity contribution in [2.75, 3.05) is 5.75 Å². The number of carboxylic acid groups (broad SMARTS) is 1. The molecule has 0 radical (unpaired) electrons. The second kappa shape index (κ2) is 6.76. The van der Waals surface area contributed by atoms with Gasteiger partial charge in [-0.3, -0.25) is 4.79 Å². The van der Waals surface area contributed by atoms with Crippen LogP contribution in [0.15, 0.2) is 28.7 Å². The summed E-state index contributed by atoms with van der Waals surface area (Å²) in [5, 5.41) is 17.2. The van der Waals surface area contributed by atoms with E-state index in [0.717, 1.165) is 0 Å². The van der Waals surface area contributed by atoms with Gasteiger partial charge in [-0.2, -0.15) is 11.8 Å². The third-order valence-corrected chi connectivity index (χ3v) is 4.10. The molecule has 20 heavy (non-hydrogen) atoms. The van der Waals surface area contributed by atoms with Crippen LogP contribution < -0.4 is 0 Å². The molecule has 1 heterocycles. The van der Waals surface area contributed by atoms with Crippen LogP contribution in [0.25, 0.3) is 11.5 Å². The molecule has 0 saturated carbocycles. The Morgan fingerprint density at radius 2 is 2.20 bits per heavy atom. The van der Waals surface area contributed by atoms with Gasteiger partial charge < -0.3 is 9.52 Å². The molecular weight excluding hydrogens is 300 g/mol. The zero-order chi connectivity index (χ0) is 14.5. The molecule has 0 aliphatic heterocycles. The summed E-state index contributed by atoms with van der Waals surface area (Å²) in [5.41, 5.74) is 0.692. The molecule has 0 aliphatic carbocycles. The van der Waals surface area contributed by atoms with Crippen LogP contribution in [0.2, 0.25) is 5.02 Å². The maximum atomic E-state index is 10.7. The van der Waals surface area contributed by atoms with Crippen molar-refractivity contribution in [3.63, 3.8) is 0 Å². The number of thioether (sulfide) groups is 1. The highest BCUT2D eigenvalue weighted by Crippen LogP contribution is 2.27. The highest BCUT2D eigenvalue weighted by atomic mass is 35.5. The summed E-state index contributed by atoms with van der Waals surface area (Å²) >= 11 is 7.50. The van der Waals surface area contributed by atoms with Crippen LogP contribution in [0.4, 0.5) is 0 Å². The van der Waals surface area contributed by atoms with Crippen molar-refractivity contribution in [1.29, 1.82) is 0 Å². The molecule has 0 aliphatic rings. The quantitative estimate of drug-likeness (QED) is 0.881. The predicted molar refractivity (Wildman–Crippen MR) is 77.7 cm³/mol. The van der Waals surface area contributed by atoms with Crippen LogP contribution in [0, 0.1) is 5.92 Å². The summed E-state index contributed by atoms with van der Waals surface area (Å²) in [7, 11) is 0. The lowest BCUT2D eigenvalue weighted by molar-refractivity contribution is -0.140. The lowest BCUT2D eigenvalue weighted by Crippen LogP contribution is -2.11. The molecule has 2 rings (SSSR count). The first-order valence-electron chi connectivity index (χ1n) is 5.95. The zero-order valence-corrected chi connectivity index (χ0v) is 12.3. The summed E-state index contributed by atoms with van der Waals surface area (Å²) in [5.74, 6) is 0.611. The molecule has 1 atom stereocenters. The number of aromatic nitrogens is 2. The fraction of sp³-hybridized carbons (Fsp3) is 0.308. The second-order valence-corrected chi connectivity index (χ2v) is 5.67. The van der Waals surface area contributed by atoms with E-state index in [0.29, 0.717) is 33.9 Å². The van der Waals surface area contributed by atoms with Crippen LogP contribution in [0.5, 0.6) is 0 Å². The molecule has 0 spiro atoms. The minimum absolute atomic E-state index is 0.373. The van der Waals surface area contributed by atoms with E-state index in [1.165, 1.54) is 11.8 Å². The number of hydrogen-bond donors (Lipinski definition) is 1. The number of aliphatic carboxylic acids is 1. The molecule has 1 aromatic heterocycles. The van der Waals surface area contributed by atoms with Gasteiger partial charge in [0.25, 0.3) is 0 Å². The van der Waals surface area contributed by atoms with Gasteiger partial charge in [-0.1, -0.05) is 30.7 Å². The Hall–Kier alpha value is -1.53. The van der Waals surface area contributed by atoms with Gasteiger partial charge in [0.1, 0.15) is 0 Å². The van der Waals surface area contributed by atoms with Crippen LogP contribution in [0.1, 0.15) is 12.8 Å². The maximum absolute atomic E-state index is 10.7. The van der Waals surface area contributed by atoms with Crippen molar-refractivity contribution < 1.29 is 14.3 Å². The fourth-order valence-electron chi connectivity index (χ4n) is 1.45. The van der Waals surface area contributed by atoms with E-state index in [4.69, 9.17) is 21.1 Å². The largest absolute Gasteiger partial charge is 0.481 e. The smallest absolute Gasteiger partial charge is 0.307 e. The summed E-state index contributed by atoms with van der Waals surface area (Å²) < 4.78 is 5.52. The van der Waals surface area contributed by atoms with Gasteiger partial charge in [-0.05, 0) is 12.1 Å². The van der Waals surface area contributed by atoms with E-state index in [1.54, 1.807) is 19.1 Å². The normalized spacial score (nSPS) is 12.3. The topological polar surface area (TPSA) is 76.2 Å². The number of carbonyl (C=O) groups is 1. The van der Waals surface area contributed by atoms with Crippen LogP contribution in [-0.4, -0.2) is 27.0 Å².